The molecule has 3 nitrogen and oxygen atoms in total. The number of nitrogens with zero attached hydrogens (tertiary/aromatic N) is 1. The SMILES string of the molecule is CCCNC(CC1CCOCC1)c1ccnc(C)c1. The molecule has 0 amide bonds. The third-order valence-corrected chi connectivity index (χ3v) is 3.87. The van der Waals surface area contributed by atoms with Gasteiger partial charge < -0.3 is 10.1 Å². The van der Waals surface area contributed by atoms with Crippen LogP contribution in [-0.4, -0.2) is 24.7 Å². The lowest BCUT2D eigenvalue weighted by molar-refractivity contribution is 0.0605. The highest BCUT2D eigenvalue weighted by Gasteiger charge is 2.20. The normalized spacial score (nSPS) is 18.4. The number of hydrogen-bond acceptors (Lipinski definition) is 3. The summed E-state index contributed by atoms with van der Waals surface area (Å²) in [5.41, 5.74) is 2.49. The van der Waals surface area contributed by atoms with Crippen molar-refractivity contribution in [1.29, 1.82) is 0 Å². The molecule has 0 aliphatic carbocycles. The Bertz CT molecular complexity index is 375. The molecule has 0 bridgehead atoms. The van der Waals surface area contributed by atoms with Crippen LogP contribution in [0, 0.1) is 12.8 Å². The molecule has 3 heteroatoms. The summed E-state index contributed by atoms with van der Waals surface area (Å²) >= 11 is 0. The van der Waals surface area contributed by atoms with Gasteiger partial charge >= 0.3 is 0 Å². The molecule has 2 rings (SSSR count). The number of ether oxygens (including phenoxy) is 1. The van der Waals surface area contributed by atoms with Crippen molar-refractivity contribution < 1.29 is 4.74 Å². The van der Waals surface area contributed by atoms with Gasteiger partial charge in [-0.25, -0.2) is 0 Å². The quantitative estimate of drug-likeness (QED) is 0.854. The van der Waals surface area contributed by atoms with E-state index in [-0.39, 0.29) is 0 Å². The van der Waals surface area contributed by atoms with E-state index in [4.69, 9.17) is 4.74 Å². The maximum Gasteiger partial charge on any atom is 0.0468 e. The van der Waals surface area contributed by atoms with Crippen LogP contribution in [0.5, 0.6) is 0 Å². The summed E-state index contributed by atoms with van der Waals surface area (Å²) < 4.78 is 5.46. The first-order valence-corrected chi connectivity index (χ1v) is 7.53. The van der Waals surface area contributed by atoms with Crippen LogP contribution >= 0.6 is 0 Å². The van der Waals surface area contributed by atoms with E-state index in [1.165, 1.54) is 31.2 Å². The Morgan fingerprint density at radius 3 is 2.89 bits per heavy atom. The summed E-state index contributed by atoms with van der Waals surface area (Å²) in [5, 5.41) is 3.69. The molecular weight excluding hydrogens is 236 g/mol. The largest absolute Gasteiger partial charge is 0.381 e. The number of aryl methyl sites for hydroxylation is 1. The maximum absolute atomic E-state index is 5.46. The number of aromatic nitrogens is 1. The molecule has 1 aliphatic heterocycles. The van der Waals surface area contributed by atoms with Crippen molar-refractivity contribution in [3.8, 4) is 0 Å². The molecule has 0 spiro atoms. The first-order chi connectivity index (χ1) is 9.29. The highest BCUT2D eigenvalue weighted by Crippen LogP contribution is 2.27. The second kappa shape index (κ2) is 7.61. The molecule has 0 aromatic carbocycles. The summed E-state index contributed by atoms with van der Waals surface area (Å²) in [6, 6.07) is 4.83. The zero-order chi connectivity index (χ0) is 13.5. The minimum Gasteiger partial charge on any atom is -0.381 e. The van der Waals surface area contributed by atoms with Gasteiger partial charge in [0.2, 0.25) is 0 Å². The van der Waals surface area contributed by atoms with Gasteiger partial charge in [0.15, 0.2) is 0 Å². The monoisotopic (exact) mass is 262 g/mol. The summed E-state index contributed by atoms with van der Waals surface area (Å²) in [6.45, 7) is 7.22. The fourth-order valence-corrected chi connectivity index (χ4v) is 2.76. The van der Waals surface area contributed by atoms with E-state index in [1.807, 2.05) is 6.20 Å². The number of hydrogen-bond donors (Lipinski definition) is 1. The molecule has 0 saturated carbocycles. The van der Waals surface area contributed by atoms with E-state index < -0.39 is 0 Å². The van der Waals surface area contributed by atoms with Gasteiger partial charge in [0.1, 0.15) is 0 Å². The zero-order valence-corrected chi connectivity index (χ0v) is 12.2. The van der Waals surface area contributed by atoms with E-state index in [0.29, 0.717) is 6.04 Å². The third kappa shape index (κ3) is 4.59. The highest BCUT2D eigenvalue weighted by atomic mass is 16.5. The smallest absolute Gasteiger partial charge is 0.0468 e. The molecule has 0 radical (unpaired) electrons. The lowest BCUT2D eigenvalue weighted by atomic mass is 9.89. The lowest BCUT2D eigenvalue weighted by Gasteiger charge is -2.27. The van der Waals surface area contributed by atoms with Crippen molar-refractivity contribution in [1.82, 2.24) is 10.3 Å². The van der Waals surface area contributed by atoms with Gasteiger partial charge in [-0.1, -0.05) is 6.92 Å². The minimum atomic E-state index is 0.463. The molecule has 1 unspecified atom stereocenters. The number of rotatable bonds is 6. The third-order valence-electron chi connectivity index (χ3n) is 3.87. The molecule has 1 fully saturated rings. The predicted molar refractivity (Wildman–Crippen MR) is 78.2 cm³/mol. The van der Waals surface area contributed by atoms with Crippen LogP contribution < -0.4 is 5.32 Å². The van der Waals surface area contributed by atoms with Crippen LogP contribution in [0.25, 0.3) is 0 Å². The van der Waals surface area contributed by atoms with Crippen molar-refractivity contribution in [3.63, 3.8) is 0 Å². The summed E-state index contributed by atoms with van der Waals surface area (Å²) in [5.74, 6) is 0.788. The Kier molecular flexibility index (Phi) is 5.80. The van der Waals surface area contributed by atoms with Gasteiger partial charge in [-0.3, -0.25) is 4.98 Å². The van der Waals surface area contributed by atoms with Crippen LogP contribution in [0.1, 0.15) is 49.9 Å². The molecule has 1 aliphatic rings. The van der Waals surface area contributed by atoms with E-state index in [2.05, 4.69) is 36.3 Å². The summed E-state index contributed by atoms with van der Waals surface area (Å²) in [4.78, 5) is 4.30. The van der Waals surface area contributed by atoms with Gasteiger partial charge in [0, 0.05) is 31.1 Å². The maximum atomic E-state index is 5.46. The Morgan fingerprint density at radius 1 is 1.42 bits per heavy atom. The molecule has 2 heterocycles. The van der Waals surface area contributed by atoms with Crippen molar-refractivity contribution in [3.05, 3.63) is 29.6 Å². The van der Waals surface area contributed by atoms with Gasteiger partial charge in [-0.15, -0.1) is 0 Å². The zero-order valence-electron chi connectivity index (χ0n) is 12.2. The van der Waals surface area contributed by atoms with Gasteiger partial charge in [-0.05, 0) is 62.8 Å². The molecule has 1 atom stereocenters. The second-order valence-electron chi connectivity index (χ2n) is 5.53. The van der Waals surface area contributed by atoms with Crippen molar-refractivity contribution in [2.24, 2.45) is 5.92 Å². The Morgan fingerprint density at radius 2 is 2.21 bits per heavy atom. The van der Waals surface area contributed by atoms with E-state index >= 15 is 0 Å². The van der Waals surface area contributed by atoms with Crippen molar-refractivity contribution >= 4 is 0 Å². The van der Waals surface area contributed by atoms with Crippen LogP contribution in [0.15, 0.2) is 18.3 Å². The summed E-state index contributed by atoms with van der Waals surface area (Å²) in [6.07, 6.45) is 6.72. The topological polar surface area (TPSA) is 34.1 Å². The standard InChI is InChI=1S/C16H26N2O/c1-3-7-18-16(12-14-5-9-19-10-6-14)15-4-8-17-13(2)11-15/h4,8,11,14,16,18H,3,5-7,9-10,12H2,1-2H3. The molecular formula is C16H26N2O. The lowest BCUT2D eigenvalue weighted by Crippen LogP contribution is -2.27. The molecule has 1 aromatic rings. The van der Waals surface area contributed by atoms with Crippen LogP contribution in [0.2, 0.25) is 0 Å². The molecule has 1 aromatic heterocycles. The number of pyridine rings is 1. The fraction of sp³-hybridized carbons (Fsp3) is 0.688. The van der Waals surface area contributed by atoms with Crippen molar-refractivity contribution in [2.45, 2.75) is 45.6 Å². The molecule has 1 N–H and O–H groups in total. The average Bonchev–Trinajstić information content (AvgIpc) is 2.44. The number of nitrogens with one attached hydrogen (secondary N) is 1. The van der Waals surface area contributed by atoms with Gasteiger partial charge in [-0.2, -0.15) is 0 Å². The van der Waals surface area contributed by atoms with Crippen LogP contribution in [0.3, 0.4) is 0 Å². The predicted octanol–water partition coefficient (Wildman–Crippen LogP) is 3.25. The van der Waals surface area contributed by atoms with Crippen LogP contribution in [-0.2, 0) is 4.74 Å². The van der Waals surface area contributed by atoms with E-state index in [9.17, 15) is 0 Å². The molecule has 1 saturated heterocycles. The first kappa shape index (κ1) is 14.5. The van der Waals surface area contributed by atoms with Gasteiger partial charge in [0.05, 0.1) is 0 Å². The van der Waals surface area contributed by atoms with Gasteiger partial charge in [0.25, 0.3) is 0 Å². The Hall–Kier alpha value is -0.930. The minimum absolute atomic E-state index is 0.463. The fourth-order valence-electron chi connectivity index (χ4n) is 2.76. The van der Waals surface area contributed by atoms with Crippen LogP contribution in [0.4, 0.5) is 0 Å². The van der Waals surface area contributed by atoms with Crippen molar-refractivity contribution in [2.75, 3.05) is 19.8 Å². The Labute approximate surface area is 116 Å². The summed E-state index contributed by atoms with van der Waals surface area (Å²) in [7, 11) is 0. The molecule has 19 heavy (non-hydrogen) atoms. The second-order valence-corrected chi connectivity index (χ2v) is 5.53. The van der Waals surface area contributed by atoms with E-state index in [1.54, 1.807) is 0 Å². The average molecular weight is 262 g/mol. The van der Waals surface area contributed by atoms with E-state index in [0.717, 1.165) is 31.4 Å². The first-order valence-electron chi connectivity index (χ1n) is 7.53. The molecule has 106 valence electrons. The Balaban J connectivity index is 2.01. The highest BCUT2D eigenvalue weighted by molar-refractivity contribution is 5.19.